The number of alkyl halides is 3. The van der Waals surface area contributed by atoms with E-state index in [1.165, 1.54) is 0 Å². The zero-order valence-electron chi connectivity index (χ0n) is 6.01. The molecule has 0 rings (SSSR count). The first kappa shape index (κ1) is 11.3. The van der Waals surface area contributed by atoms with Crippen LogP contribution in [0.2, 0.25) is 0 Å². The van der Waals surface area contributed by atoms with Crippen LogP contribution < -0.4 is 0 Å². The molecule has 0 bridgehead atoms. The third-order valence-corrected chi connectivity index (χ3v) is 1.18. The second kappa shape index (κ2) is 4.36. The van der Waals surface area contributed by atoms with Crippen molar-refractivity contribution < 1.29 is 9.94 Å². The maximum absolute atomic E-state index is 8.91. The summed E-state index contributed by atoms with van der Waals surface area (Å²) in [5.74, 6) is 0. The molecular formula is C5H8Cl3NO2. The van der Waals surface area contributed by atoms with E-state index >= 15 is 0 Å². The molecule has 0 aromatic rings. The highest BCUT2D eigenvalue weighted by Crippen LogP contribution is 2.30. The van der Waals surface area contributed by atoms with Crippen LogP contribution in [0.5, 0.6) is 0 Å². The van der Waals surface area contributed by atoms with Crippen LogP contribution in [-0.4, -0.2) is 20.9 Å². The molecule has 0 aromatic carbocycles. The molecule has 3 nitrogen and oxygen atoms in total. The number of hydrogen-bond donors (Lipinski definition) is 1. The van der Waals surface area contributed by atoms with E-state index in [0.717, 1.165) is 0 Å². The van der Waals surface area contributed by atoms with Crippen molar-refractivity contribution in [3.63, 3.8) is 0 Å². The van der Waals surface area contributed by atoms with Gasteiger partial charge in [-0.1, -0.05) is 40.0 Å². The van der Waals surface area contributed by atoms with Crippen LogP contribution >= 0.6 is 34.8 Å². The third-order valence-electron chi connectivity index (χ3n) is 0.615. The summed E-state index contributed by atoms with van der Waals surface area (Å²) >= 11 is 15.8. The van der Waals surface area contributed by atoms with Gasteiger partial charge in [-0.2, -0.15) is 0 Å². The molecule has 0 aliphatic heterocycles. The summed E-state index contributed by atoms with van der Waals surface area (Å²) in [4.78, 5) is 4.42. The fourth-order valence-corrected chi connectivity index (χ4v) is 0.335. The Kier molecular flexibility index (Phi) is 4.48. The van der Waals surface area contributed by atoms with Gasteiger partial charge in [-0.05, 0) is 13.8 Å². The topological polar surface area (TPSA) is 41.8 Å². The summed E-state index contributed by atoms with van der Waals surface area (Å²) in [6.07, 6.45) is -1.54. The average Bonchev–Trinajstić information content (AvgIpc) is 1.80. The molecule has 1 unspecified atom stereocenters. The molecule has 1 atom stereocenters. The number of aliphatic hydroxyl groups excluding tert-OH is 1. The van der Waals surface area contributed by atoms with Crippen LogP contribution in [0.15, 0.2) is 5.16 Å². The molecule has 1 N–H and O–H groups in total. The molecule has 0 fully saturated rings. The Balaban J connectivity index is 3.89. The van der Waals surface area contributed by atoms with Gasteiger partial charge in [0.25, 0.3) is 10.1 Å². The molecule has 0 spiro atoms. The molecule has 0 radical (unpaired) electrons. The molecule has 0 amide bonds. The number of halogens is 3. The van der Waals surface area contributed by atoms with Crippen molar-refractivity contribution in [2.45, 2.75) is 23.9 Å². The Labute approximate surface area is 79.9 Å². The predicted octanol–water partition coefficient (Wildman–Crippen LogP) is 2.09. The Morgan fingerprint density at radius 1 is 1.45 bits per heavy atom. The van der Waals surface area contributed by atoms with Gasteiger partial charge in [0.15, 0.2) is 0 Å². The molecule has 0 heterocycles. The minimum Gasteiger partial charge on any atom is -0.359 e. The minimum absolute atomic E-state index is 0.623. The van der Waals surface area contributed by atoms with Crippen molar-refractivity contribution in [1.29, 1.82) is 0 Å². The summed E-state index contributed by atoms with van der Waals surface area (Å²) in [5, 5.41) is 12.3. The standard InChI is InChI=1S/C5H8Cl3NO2/c1-3(2)9-11-4(10)5(6,7)8/h4,10H,1-2H3. The van der Waals surface area contributed by atoms with Gasteiger partial charge in [-0.3, -0.25) is 0 Å². The first-order chi connectivity index (χ1) is 4.84. The lowest BCUT2D eigenvalue weighted by atomic mass is 10.5. The van der Waals surface area contributed by atoms with Gasteiger partial charge < -0.3 is 9.94 Å². The molecule has 11 heavy (non-hydrogen) atoms. The summed E-state index contributed by atoms with van der Waals surface area (Å²) < 4.78 is -1.86. The monoisotopic (exact) mass is 219 g/mol. The summed E-state index contributed by atoms with van der Waals surface area (Å²) in [6.45, 7) is 3.37. The molecule has 0 saturated carbocycles. The van der Waals surface area contributed by atoms with E-state index in [2.05, 4.69) is 9.99 Å². The summed E-state index contributed by atoms with van der Waals surface area (Å²) in [5.41, 5.74) is 0.623. The lowest BCUT2D eigenvalue weighted by molar-refractivity contribution is -0.0943. The zero-order chi connectivity index (χ0) is 9.07. The Morgan fingerprint density at radius 2 is 1.91 bits per heavy atom. The molecule has 6 heteroatoms. The van der Waals surface area contributed by atoms with Gasteiger partial charge >= 0.3 is 0 Å². The summed E-state index contributed by atoms with van der Waals surface area (Å²) in [7, 11) is 0. The smallest absolute Gasteiger partial charge is 0.272 e. The van der Waals surface area contributed by atoms with Gasteiger partial charge in [0.05, 0.1) is 5.71 Å². The summed E-state index contributed by atoms with van der Waals surface area (Å²) in [6, 6.07) is 0. The Hall–Kier alpha value is 0.300. The second-order valence-electron chi connectivity index (χ2n) is 2.04. The SMILES string of the molecule is CC(C)=NOC(O)C(Cl)(Cl)Cl. The van der Waals surface area contributed by atoms with Crippen molar-refractivity contribution >= 4 is 40.5 Å². The predicted molar refractivity (Wildman–Crippen MR) is 46.2 cm³/mol. The largest absolute Gasteiger partial charge is 0.359 e. The molecule has 66 valence electrons. The number of aliphatic hydroxyl groups is 1. The first-order valence-corrected chi connectivity index (χ1v) is 3.89. The lowest BCUT2D eigenvalue weighted by Gasteiger charge is -2.15. The van der Waals surface area contributed by atoms with Crippen LogP contribution in [0.25, 0.3) is 0 Å². The van der Waals surface area contributed by atoms with Gasteiger partial charge in [-0.25, -0.2) is 0 Å². The maximum Gasteiger partial charge on any atom is 0.272 e. The fraction of sp³-hybridized carbons (Fsp3) is 0.800. The van der Waals surface area contributed by atoms with Crippen LogP contribution in [-0.2, 0) is 4.84 Å². The van der Waals surface area contributed by atoms with Gasteiger partial charge in [-0.15, -0.1) is 0 Å². The van der Waals surface area contributed by atoms with E-state index in [1.807, 2.05) is 0 Å². The highest BCUT2D eigenvalue weighted by Gasteiger charge is 2.33. The van der Waals surface area contributed by atoms with Crippen LogP contribution in [0.3, 0.4) is 0 Å². The van der Waals surface area contributed by atoms with Crippen molar-refractivity contribution in [2.75, 3.05) is 0 Å². The van der Waals surface area contributed by atoms with Crippen molar-refractivity contribution in [3.8, 4) is 0 Å². The van der Waals surface area contributed by atoms with E-state index in [1.54, 1.807) is 13.8 Å². The highest BCUT2D eigenvalue weighted by atomic mass is 35.6. The van der Waals surface area contributed by atoms with Gasteiger partial charge in [0.2, 0.25) is 0 Å². The Bertz CT molecular complexity index is 150. The number of hydrogen-bond acceptors (Lipinski definition) is 3. The van der Waals surface area contributed by atoms with Crippen molar-refractivity contribution in [3.05, 3.63) is 0 Å². The fourth-order valence-electron chi connectivity index (χ4n) is 0.215. The molecular weight excluding hydrogens is 212 g/mol. The van der Waals surface area contributed by atoms with E-state index in [-0.39, 0.29) is 0 Å². The van der Waals surface area contributed by atoms with E-state index in [4.69, 9.17) is 39.9 Å². The Morgan fingerprint density at radius 3 is 2.18 bits per heavy atom. The van der Waals surface area contributed by atoms with Crippen molar-refractivity contribution in [2.24, 2.45) is 5.16 Å². The molecule has 0 aromatic heterocycles. The number of nitrogens with zero attached hydrogens (tertiary/aromatic N) is 1. The number of oxime groups is 1. The van der Waals surface area contributed by atoms with Gasteiger partial charge in [0.1, 0.15) is 0 Å². The quantitative estimate of drug-likeness (QED) is 0.335. The second-order valence-corrected chi connectivity index (χ2v) is 4.41. The van der Waals surface area contributed by atoms with E-state index in [9.17, 15) is 0 Å². The highest BCUT2D eigenvalue weighted by molar-refractivity contribution is 6.67. The average molecular weight is 220 g/mol. The lowest BCUT2D eigenvalue weighted by Crippen LogP contribution is -2.26. The van der Waals surface area contributed by atoms with Crippen LogP contribution in [0.1, 0.15) is 13.8 Å². The molecule has 0 aliphatic carbocycles. The number of rotatable bonds is 2. The van der Waals surface area contributed by atoms with E-state index in [0.29, 0.717) is 5.71 Å². The first-order valence-electron chi connectivity index (χ1n) is 2.76. The minimum atomic E-state index is -1.86. The van der Waals surface area contributed by atoms with Crippen LogP contribution in [0.4, 0.5) is 0 Å². The normalized spacial score (nSPS) is 14.0. The van der Waals surface area contributed by atoms with Crippen LogP contribution in [0, 0.1) is 0 Å². The van der Waals surface area contributed by atoms with Crippen molar-refractivity contribution in [1.82, 2.24) is 0 Å². The molecule has 0 aliphatic rings. The molecule has 0 saturated heterocycles. The maximum atomic E-state index is 8.91. The van der Waals surface area contributed by atoms with Gasteiger partial charge in [0, 0.05) is 0 Å². The third kappa shape index (κ3) is 5.56. The van der Waals surface area contributed by atoms with E-state index < -0.39 is 10.1 Å². The zero-order valence-corrected chi connectivity index (χ0v) is 8.28.